The first-order valence-corrected chi connectivity index (χ1v) is 6.50. The van der Waals surface area contributed by atoms with E-state index in [2.05, 4.69) is 33.3 Å². The third-order valence-corrected chi connectivity index (χ3v) is 3.83. The average Bonchev–Trinajstić information content (AvgIpc) is 2.83. The minimum Gasteiger partial charge on any atom is -0.239 e. The summed E-state index contributed by atoms with van der Waals surface area (Å²) in [4.78, 5) is 9.17. The highest BCUT2D eigenvalue weighted by Crippen LogP contribution is 2.23. The van der Waals surface area contributed by atoms with Crippen molar-refractivity contribution in [3.05, 3.63) is 34.4 Å². The lowest BCUT2D eigenvalue weighted by atomic mass is 10.2. The summed E-state index contributed by atoms with van der Waals surface area (Å²) in [6.45, 7) is 6.23. The smallest absolute Gasteiger partial charge is 0.239 e. The third kappa shape index (κ3) is 1.55. The second-order valence-corrected chi connectivity index (χ2v) is 5.15. The molecule has 0 fully saturated rings. The zero-order chi connectivity index (χ0) is 12.9. The minimum absolute atomic E-state index is 0.807. The molecule has 3 rings (SSSR count). The van der Waals surface area contributed by atoms with Crippen LogP contribution in [0.25, 0.3) is 5.95 Å². The van der Waals surface area contributed by atoms with Gasteiger partial charge in [-0.15, -0.1) is 4.68 Å². The summed E-state index contributed by atoms with van der Waals surface area (Å²) in [5.74, 6) is 0.807. The van der Waals surface area contributed by atoms with E-state index in [9.17, 15) is 0 Å². The lowest BCUT2D eigenvalue weighted by Gasteiger charge is -2.03. The van der Waals surface area contributed by atoms with Gasteiger partial charge in [0.05, 0.1) is 5.69 Å². The highest BCUT2D eigenvalue weighted by Gasteiger charge is 2.29. The molecule has 0 bridgehead atoms. The molecule has 0 atom stereocenters. The molecule has 0 saturated carbocycles. The van der Waals surface area contributed by atoms with E-state index in [0.29, 0.717) is 0 Å². The van der Waals surface area contributed by atoms with Gasteiger partial charge in [-0.25, -0.2) is 4.68 Å². The SMILES string of the molecule is Cc1cc(C)nc(-[n+]2c3c(c(C)n2C)CCC3)n1. The van der Waals surface area contributed by atoms with Gasteiger partial charge in [-0.2, -0.15) is 0 Å². The lowest BCUT2D eigenvalue weighted by molar-refractivity contribution is -0.696. The Morgan fingerprint density at radius 2 is 1.78 bits per heavy atom. The normalized spacial score (nSPS) is 14.0. The molecule has 0 saturated heterocycles. The highest BCUT2D eigenvalue weighted by atomic mass is 15.4. The molecular formula is C14H19N4+. The Morgan fingerprint density at radius 1 is 1.11 bits per heavy atom. The second kappa shape index (κ2) is 3.90. The maximum Gasteiger partial charge on any atom is 0.455 e. The summed E-state index contributed by atoms with van der Waals surface area (Å²) in [5.41, 5.74) is 6.26. The van der Waals surface area contributed by atoms with E-state index in [1.807, 2.05) is 19.9 Å². The molecule has 0 spiro atoms. The summed E-state index contributed by atoms with van der Waals surface area (Å²) in [6, 6.07) is 2.01. The van der Waals surface area contributed by atoms with Gasteiger partial charge in [0.1, 0.15) is 17.1 Å². The van der Waals surface area contributed by atoms with Crippen LogP contribution in [0.2, 0.25) is 0 Å². The van der Waals surface area contributed by atoms with E-state index in [-0.39, 0.29) is 0 Å². The van der Waals surface area contributed by atoms with Crippen LogP contribution in [-0.2, 0) is 19.9 Å². The van der Waals surface area contributed by atoms with Crippen molar-refractivity contribution in [1.29, 1.82) is 0 Å². The van der Waals surface area contributed by atoms with Crippen LogP contribution in [0.15, 0.2) is 6.07 Å². The van der Waals surface area contributed by atoms with Crippen LogP contribution in [0.3, 0.4) is 0 Å². The van der Waals surface area contributed by atoms with E-state index in [4.69, 9.17) is 0 Å². The molecule has 0 radical (unpaired) electrons. The van der Waals surface area contributed by atoms with Crippen molar-refractivity contribution in [1.82, 2.24) is 14.6 Å². The molecule has 94 valence electrons. The van der Waals surface area contributed by atoms with E-state index < -0.39 is 0 Å². The third-order valence-electron chi connectivity index (χ3n) is 3.83. The number of hydrogen-bond donors (Lipinski definition) is 0. The van der Waals surface area contributed by atoms with Gasteiger partial charge in [0.2, 0.25) is 0 Å². The van der Waals surface area contributed by atoms with E-state index in [0.717, 1.165) is 23.8 Å². The Kier molecular flexibility index (Phi) is 2.47. The zero-order valence-electron chi connectivity index (χ0n) is 11.5. The number of fused-ring (bicyclic) bond motifs is 1. The largest absolute Gasteiger partial charge is 0.455 e. The van der Waals surface area contributed by atoms with E-state index in [1.54, 1.807) is 0 Å². The van der Waals surface area contributed by atoms with Gasteiger partial charge in [-0.1, -0.05) is 9.97 Å². The van der Waals surface area contributed by atoms with E-state index in [1.165, 1.54) is 29.8 Å². The van der Waals surface area contributed by atoms with Crippen molar-refractivity contribution in [2.45, 2.75) is 40.0 Å². The van der Waals surface area contributed by atoms with Crippen molar-refractivity contribution < 1.29 is 4.68 Å². The number of aryl methyl sites for hydroxylation is 2. The second-order valence-electron chi connectivity index (χ2n) is 5.15. The Labute approximate surface area is 107 Å². The van der Waals surface area contributed by atoms with E-state index >= 15 is 0 Å². The van der Waals surface area contributed by atoms with Gasteiger partial charge in [0.25, 0.3) is 0 Å². The molecule has 1 aliphatic carbocycles. The Bertz CT molecular complexity index is 605. The van der Waals surface area contributed by atoms with Crippen LogP contribution >= 0.6 is 0 Å². The van der Waals surface area contributed by atoms with Gasteiger partial charge in [0, 0.05) is 25.1 Å². The first-order valence-electron chi connectivity index (χ1n) is 6.50. The number of hydrogen-bond acceptors (Lipinski definition) is 2. The first-order chi connectivity index (χ1) is 8.58. The fourth-order valence-electron chi connectivity index (χ4n) is 2.93. The van der Waals surface area contributed by atoms with Crippen LogP contribution in [0.5, 0.6) is 0 Å². The first kappa shape index (κ1) is 11.4. The van der Waals surface area contributed by atoms with Crippen LogP contribution in [-0.4, -0.2) is 14.6 Å². The van der Waals surface area contributed by atoms with Gasteiger partial charge in [-0.3, -0.25) is 0 Å². The van der Waals surface area contributed by atoms with Crippen LogP contribution < -0.4 is 4.68 Å². The molecule has 18 heavy (non-hydrogen) atoms. The topological polar surface area (TPSA) is 34.6 Å². The molecule has 0 aromatic carbocycles. The van der Waals surface area contributed by atoms with Gasteiger partial charge in [-0.05, 0) is 33.6 Å². The highest BCUT2D eigenvalue weighted by molar-refractivity contribution is 5.27. The standard InChI is InChI=1S/C14H19N4/c1-9-8-10(2)16-14(15-9)18-13-7-5-6-12(13)11(3)17(18)4/h8H,5-7H2,1-4H3/q+1. The summed E-state index contributed by atoms with van der Waals surface area (Å²) >= 11 is 0. The molecule has 4 nitrogen and oxygen atoms in total. The molecule has 2 aromatic heterocycles. The molecule has 0 N–H and O–H groups in total. The number of rotatable bonds is 1. The van der Waals surface area contributed by atoms with Gasteiger partial charge >= 0.3 is 5.95 Å². The molecule has 2 aromatic rings. The summed E-state index contributed by atoms with van der Waals surface area (Å²) in [5, 5.41) is 0. The lowest BCUT2D eigenvalue weighted by Crippen LogP contribution is -2.44. The number of aromatic nitrogens is 4. The molecule has 0 amide bonds. The van der Waals surface area contributed by atoms with Gasteiger partial charge < -0.3 is 0 Å². The fourth-order valence-corrected chi connectivity index (χ4v) is 2.93. The molecule has 2 heterocycles. The maximum absolute atomic E-state index is 4.59. The predicted molar refractivity (Wildman–Crippen MR) is 68.8 cm³/mol. The molecule has 0 unspecified atom stereocenters. The molecule has 1 aliphatic rings. The minimum atomic E-state index is 0.807. The van der Waals surface area contributed by atoms with Crippen molar-refractivity contribution in [3.8, 4) is 5.95 Å². The predicted octanol–water partition coefficient (Wildman–Crippen LogP) is 1.51. The average molecular weight is 243 g/mol. The zero-order valence-corrected chi connectivity index (χ0v) is 11.5. The van der Waals surface area contributed by atoms with Crippen molar-refractivity contribution in [2.75, 3.05) is 0 Å². The molecular weight excluding hydrogens is 224 g/mol. The monoisotopic (exact) mass is 243 g/mol. The maximum atomic E-state index is 4.59. The fraction of sp³-hybridized carbons (Fsp3) is 0.500. The Hall–Kier alpha value is -1.71. The van der Waals surface area contributed by atoms with Crippen LogP contribution in [0, 0.1) is 20.8 Å². The number of nitrogens with zero attached hydrogens (tertiary/aromatic N) is 4. The summed E-state index contributed by atoms with van der Waals surface area (Å²) < 4.78 is 4.36. The Morgan fingerprint density at radius 3 is 2.44 bits per heavy atom. The quantitative estimate of drug-likeness (QED) is 0.711. The molecule has 4 heteroatoms. The van der Waals surface area contributed by atoms with Crippen molar-refractivity contribution in [3.63, 3.8) is 0 Å². The van der Waals surface area contributed by atoms with Gasteiger partial charge in [0.15, 0.2) is 0 Å². The Balaban J connectivity index is 2.26. The van der Waals surface area contributed by atoms with Crippen molar-refractivity contribution >= 4 is 0 Å². The summed E-state index contributed by atoms with van der Waals surface area (Å²) in [6.07, 6.45) is 3.57. The van der Waals surface area contributed by atoms with Crippen molar-refractivity contribution in [2.24, 2.45) is 7.05 Å². The molecule has 0 aliphatic heterocycles. The summed E-state index contributed by atoms with van der Waals surface area (Å²) in [7, 11) is 2.09. The van der Waals surface area contributed by atoms with Crippen LogP contribution in [0.4, 0.5) is 0 Å². The van der Waals surface area contributed by atoms with Crippen LogP contribution in [0.1, 0.15) is 34.8 Å².